The molecule has 1 aromatic rings. The van der Waals surface area contributed by atoms with Gasteiger partial charge in [0.25, 0.3) is 0 Å². The highest BCUT2D eigenvalue weighted by atomic mass is 79.9. The molecule has 0 aliphatic rings. The van der Waals surface area contributed by atoms with E-state index in [0.29, 0.717) is 0 Å². The van der Waals surface area contributed by atoms with E-state index in [9.17, 15) is 14.4 Å². The predicted molar refractivity (Wildman–Crippen MR) is 79.5 cm³/mol. The molecule has 0 aromatic heterocycles. The number of primary amides is 1. The van der Waals surface area contributed by atoms with Crippen LogP contribution in [0.25, 0.3) is 0 Å². The summed E-state index contributed by atoms with van der Waals surface area (Å²) in [6.45, 7) is 1.76. The highest BCUT2D eigenvalue weighted by Gasteiger charge is 2.22. The molecule has 2 atom stereocenters. The molecule has 3 amide bonds. The van der Waals surface area contributed by atoms with Crippen LogP contribution in [0.1, 0.15) is 24.9 Å². The van der Waals surface area contributed by atoms with E-state index in [-0.39, 0.29) is 6.04 Å². The highest BCUT2D eigenvalue weighted by Crippen LogP contribution is 2.16. The van der Waals surface area contributed by atoms with Crippen molar-refractivity contribution in [3.8, 4) is 0 Å². The molecule has 0 saturated carbocycles. The van der Waals surface area contributed by atoms with Crippen LogP contribution >= 0.6 is 15.9 Å². The molecule has 0 radical (unpaired) electrons. The van der Waals surface area contributed by atoms with Gasteiger partial charge in [-0.05, 0) is 24.6 Å². The lowest BCUT2D eigenvalue weighted by Crippen LogP contribution is -2.48. The van der Waals surface area contributed by atoms with Crippen molar-refractivity contribution in [3.63, 3.8) is 0 Å². The summed E-state index contributed by atoms with van der Waals surface area (Å²) in [4.78, 5) is 33.4. The summed E-state index contributed by atoms with van der Waals surface area (Å²) < 4.78 is 0.912. The van der Waals surface area contributed by atoms with Gasteiger partial charge >= 0.3 is 12.0 Å². The second-order valence-corrected chi connectivity index (χ2v) is 5.37. The highest BCUT2D eigenvalue weighted by molar-refractivity contribution is 9.10. The first-order valence-electron chi connectivity index (χ1n) is 6.13. The van der Waals surface area contributed by atoms with E-state index in [1.807, 2.05) is 24.3 Å². The smallest absolute Gasteiger partial charge is 0.326 e. The molecule has 1 rings (SSSR count). The molecule has 7 nitrogen and oxygen atoms in total. The molecular weight excluding hydrogens is 342 g/mol. The number of halogens is 1. The Kier molecular flexibility index (Phi) is 6.16. The number of carboxylic acid groups (broad SMARTS) is 1. The molecule has 0 saturated heterocycles. The number of nitrogens with two attached hydrogens (primary N) is 1. The van der Waals surface area contributed by atoms with E-state index >= 15 is 0 Å². The van der Waals surface area contributed by atoms with Crippen LogP contribution < -0.4 is 16.4 Å². The minimum absolute atomic E-state index is 0.318. The Morgan fingerprint density at radius 2 is 1.81 bits per heavy atom. The van der Waals surface area contributed by atoms with Crippen LogP contribution in [0.2, 0.25) is 0 Å². The summed E-state index contributed by atoms with van der Waals surface area (Å²) in [5.74, 6) is -2.12. The number of aliphatic carboxylic acids is 1. The van der Waals surface area contributed by atoms with Gasteiger partial charge in [0.05, 0.1) is 12.5 Å². The number of nitrogens with one attached hydrogen (secondary N) is 2. The molecule has 114 valence electrons. The Labute approximate surface area is 130 Å². The van der Waals surface area contributed by atoms with Crippen molar-refractivity contribution in [3.05, 3.63) is 34.3 Å². The third-order valence-corrected chi connectivity index (χ3v) is 3.26. The van der Waals surface area contributed by atoms with Crippen LogP contribution in [0.5, 0.6) is 0 Å². The van der Waals surface area contributed by atoms with Gasteiger partial charge in [0.15, 0.2) is 0 Å². The largest absolute Gasteiger partial charge is 0.480 e. The van der Waals surface area contributed by atoms with Crippen LogP contribution in [0.15, 0.2) is 28.7 Å². The van der Waals surface area contributed by atoms with E-state index in [1.54, 1.807) is 6.92 Å². The summed E-state index contributed by atoms with van der Waals surface area (Å²) in [5.41, 5.74) is 5.79. The third kappa shape index (κ3) is 5.82. The van der Waals surface area contributed by atoms with E-state index in [4.69, 9.17) is 10.8 Å². The average molecular weight is 358 g/mol. The van der Waals surface area contributed by atoms with Gasteiger partial charge in [-0.25, -0.2) is 9.59 Å². The van der Waals surface area contributed by atoms with Crippen LogP contribution in [-0.2, 0) is 9.59 Å². The topological polar surface area (TPSA) is 122 Å². The second-order valence-electron chi connectivity index (χ2n) is 4.45. The van der Waals surface area contributed by atoms with Gasteiger partial charge in [0.2, 0.25) is 5.91 Å². The molecule has 1 unspecified atom stereocenters. The molecular formula is C13H16BrN3O4. The van der Waals surface area contributed by atoms with Crippen molar-refractivity contribution in [2.45, 2.75) is 25.4 Å². The maximum Gasteiger partial charge on any atom is 0.326 e. The lowest BCUT2D eigenvalue weighted by Gasteiger charge is -2.18. The number of carbonyl (C=O) groups excluding carboxylic acids is 2. The Balaban J connectivity index is 2.61. The fraction of sp³-hybridized carbons (Fsp3) is 0.308. The van der Waals surface area contributed by atoms with Crippen molar-refractivity contribution in [2.24, 2.45) is 5.73 Å². The van der Waals surface area contributed by atoms with E-state index in [0.717, 1.165) is 10.0 Å². The van der Waals surface area contributed by atoms with Crippen molar-refractivity contribution < 1.29 is 19.5 Å². The fourth-order valence-electron chi connectivity index (χ4n) is 1.63. The first-order chi connectivity index (χ1) is 9.79. The van der Waals surface area contributed by atoms with Crippen LogP contribution in [0.3, 0.4) is 0 Å². The molecule has 0 aliphatic carbocycles. The maximum atomic E-state index is 11.7. The average Bonchev–Trinajstić information content (AvgIpc) is 2.37. The number of amides is 3. The van der Waals surface area contributed by atoms with Gasteiger partial charge in [0, 0.05) is 4.47 Å². The standard InChI is InChI=1S/C13H16BrN3O4/c1-7(8-2-4-9(14)5-3-8)16-13(21)17-10(12(19)20)6-11(15)18/h2-5,7,10H,6H2,1H3,(H2,15,18)(H,19,20)(H2,16,17,21)/t7?,10-/m1/s1. The molecule has 21 heavy (non-hydrogen) atoms. The summed E-state index contributed by atoms with van der Waals surface area (Å²) in [7, 11) is 0. The van der Waals surface area contributed by atoms with Crippen molar-refractivity contribution in [1.29, 1.82) is 0 Å². The number of benzene rings is 1. The fourth-order valence-corrected chi connectivity index (χ4v) is 1.90. The SMILES string of the molecule is CC(NC(=O)N[C@H](CC(N)=O)C(=O)O)c1ccc(Br)cc1. The molecule has 0 fully saturated rings. The normalized spacial score (nSPS) is 13.0. The maximum absolute atomic E-state index is 11.7. The number of carboxylic acids is 1. The molecule has 8 heteroatoms. The van der Waals surface area contributed by atoms with Gasteiger partial charge < -0.3 is 21.5 Å². The summed E-state index contributed by atoms with van der Waals surface area (Å²) in [6, 6.07) is 4.97. The minimum Gasteiger partial charge on any atom is -0.480 e. The van der Waals surface area contributed by atoms with Gasteiger partial charge in [-0.2, -0.15) is 0 Å². The lowest BCUT2D eigenvalue weighted by molar-refractivity contribution is -0.140. The van der Waals surface area contributed by atoms with Crippen LogP contribution in [0, 0.1) is 0 Å². The first kappa shape index (κ1) is 17.0. The monoisotopic (exact) mass is 357 g/mol. The van der Waals surface area contributed by atoms with E-state index in [2.05, 4.69) is 26.6 Å². The van der Waals surface area contributed by atoms with Crippen molar-refractivity contribution >= 4 is 33.8 Å². The minimum atomic E-state index is -1.35. The van der Waals surface area contributed by atoms with Crippen molar-refractivity contribution in [1.82, 2.24) is 10.6 Å². The number of rotatable bonds is 6. The number of hydrogen-bond acceptors (Lipinski definition) is 3. The Morgan fingerprint density at radius 3 is 2.29 bits per heavy atom. The number of hydrogen-bond donors (Lipinski definition) is 4. The zero-order valence-corrected chi connectivity index (χ0v) is 12.9. The first-order valence-corrected chi connectivity index (χ1v) is 6.92. The molecule has 0 bridgehead atoms. The lowest BCUT2D eigenvalue weighted by atomic mass is 10.1. The predicted octanol–water partition coefficient (Wildman–Crippen LogP) is 1.14. The molecule has 1 aromatic carbocycles. The van der Waals surface area contributed by atoms with E-state index < -0.39 is 30.4 Å². The third-order valence-electron chi connectivity index (χ3n) is 2.73. The summed E-state index contributed by atoms with van der Waals surface area (Å²) >= 11 is 3.31. The summed E-state index contributed by atoms with van der Waals surface area (Å²) in [5, 5.41) is 13.7. The van der Waals surface area contributed by atoms with Gasteiger partial charge in [-0.15, -0.1) is 0 Å². The van der Waals surface area contributed by atoms with Gasteiger partial charge in [-0.3, -0.25) is 4.79 Å². The number of urea groups is 1. The van der Waals surface area contributed by atoms with Gasteiger partial charge in [0.1, 0.15) is 6.04 Å². The quantitative estimate of drug-likeness (QED) is 0.609. The van der Waals surface area contributed by atoms with Gasteiger partial charge in [-0.1, -0.05) is 28.1 Å². The molecule has 0 aliphatic heterocycles. The number of carbonyl (C=O) groups is 3. The zero-order valence-electron chi connectivity index (χ0n) is 11.3. The Morgan fingerprint density at radius 1 is 1.24 bits per heavy atom. The van der Waals surface area contributed by atoms with E-state index in [1.165, 1.54) is 0 Å². The summed E-state index contributed by atoms with van der Waals surface area (Å²) in [6.07, 6.45) is -0.463. The van der Waals surface area contributed by atoms with Crippen molar-refractivity contribution in [2.75, 3.05) is 0 Å². The Bertz CT molecular complexity index is 533. The molecule has 0 heterocycles. The Hall–Kier alpha value is -2.09. The van der Waals surface area contributed by atoms with Crippen LogP contribution in [-0.4, -0.2) is 29.1 Å². The molecule has 5 N–H and O–H groups in total. The second kappa shape index (κ2) is 7.63. The molecule has 0 spiro atoms. The van der Waals surface area contributed by atoms with Crippen LogP contribution in [0.4, 0.5) is 4.79 Å². The zero-order chi connectivity index (χ0) is 16.0.